The molecule has 92 valence electrons. The highest BCUT2D eigenvalue weighted by atomic mass is 16.6. The van der Waals surface area contributed by atoms with Crippen molar-refractivity contribution >= 4 is 18.1 Å². The van der Waals surface area contributed by atoms with Gasteiger partial charge in [0, 0.05) is 5.56 Å². The molecule has 1 amide bonds. The van der Waals surface area contributed by atoms with Crippen LogP contribution in [0.2, 0.25) is 0 Å². The second kappa shape index (κ2) is 4.86. The summed E-state index contributed by atoms with van der Waals surface area (Å²) in [5, 5.41) is 11.6. The van der Waals surface area contributed by atoms with Crippen LogP contribution in [0.5, 0.6) is 5.75 Å². The molecule has 0 radical (unpaired) electrons. The molecular weight excluding hydrogens is 222 g/mol. The Labute approximate surface area is 99.4 Å². The van der Waals surface area contributed by atoms with Crippen LogP contribution in [0.4, 0.5) is 10.5 Å². The van der Waals surface area contributed by atoms with Gasteiger partial charge in [0.05, 0.1) is 5.69 Å². The zero-order valence-corrected chi connectivity index (χ0v) is 9.98. The van der Waals surface area contributed by atoms with Gasteiger partial charge in [0.1, 0.15) is 11.4 Å². The molecule has 0 spiro atoms. The van der Waals surface area contributed by atoms with Crippen LogP contribution < -0.4 is 5.32 Å². The van der Waals surface area contributed by atoms with E-state index in [1.807, 2.05) is 0 Å². The number of amides is 1. The zero-order chi connectivity index (χ0) is 13.1. The molecule has 0 atom stereocenters. The van der Waals surface area contributed by atoms with Crippen molar-refractivity contribution in [2.24, 2.45) is 0 Å². The number of carbonyl (C=O) groups excluding carboxylic acids is 2. The summed E-state index contributed by atoms with van der Waals surface area (Å²) >= 11 is 0. The molecule has 5 nitrogen and oxygen atoms in total. The molecule has 0 aliphatic carbocycles. The van der Waals surface area contributed by atoms with E-state index in [1.54, 1.807) is 20.8 Å². The number of carbonyl (C=O) groups is 2. The second-order valence-electron chi connectivity index (χ2n) is 4.52. The fraction of sp³-hybridized carbons (Fsp3) is 0.333. The number of hydrogen-bond donors (Lipinski definition) is 2. The Morgan fingerprint density at radius 3 is 2.59 bits per heavy atom. The SMILES string of the molecule is CC(C)(C)OC(=O)Nc1ccc(O)cc1C=O. The molecule has 0 aromatic heterocycles. The van der Waals surface area contributed by atoms with E-state index in [0.29, 0.717) is 12.0 Å². The van der Waals surface area contributed by atoms with Crippen LogP contribution in [0.3, 0.4) is 0 Å². The number of anilines is 1. The Morgan fingerprint density at radius 1 is 1.41 bits per heavy atom. The molecule has 0 aliphatic heterocycles. The van der Waals surface area contributed by atoms with Crippen LogP contribution >= 0.6 is 0 Å². The lowest BCUT2D eigenvalue weighted by atomic mass is 10.2. The third kappa shape index (κ3) is 4.14. The van der Waals surface area contributed by atoms with Gasteiger partial charge in [0.2, 0.25) is 0 Å². The Bertz CT molecular complexity index is 435. The molecule has 17 heavy (non-hydrogen) atoms. The number of hydrogen-bond acceptors (Lipinski definition) is 4. The lowest BCUT2D eigenvalue weighted by Crippen LogP contribution is -2.27. The molecule has 1 rings (SSSR count). The van der Waals surface area contributed by atoms with Gasteiger partial charge < -0.3 is 9.84 Å². The maximum Gasteiger partial charge on any atom is 0.412 e. The highest BCUT2D eigenvalue weighted by Gasteiger charge is 2.17. The number of aldehydes is 1. The smallest absolute Gasteiger partial charge is 0.412 e. The predicted molar refractivity (Wildman–Crippen MR) is 63.4 cm³/mol. The van der Waals surface area contributed by atoms with Gasteiger partial charge in [-0.25, -0.2) is 4.79 Å². The van der Waals surface area contributed by atoms with Crippen LogP contribution in [0, 0.1) is 0 Å². The molecule has 0 bridgehead atoms. The molecule has 0 aliphatic rings. The maximum atomic E-state index is 11.5. The van der Waals surface area contributed by atoms with Gasteiger partial charge in [-0.15, -0.1) is 0 Å². The molecule has 1 aromatic rings. The van der Waals surface area contributed by atoms with Crippen LogP contribution in [0.15, 0.2) is 18.2 Å². The molecule has 2 N–H and O–H groups in total. The van der Waals surface area contributed by atoms with Crippen molar-refractivity contribution in [3.8, 4) is 5.75 Å². The third-order valence-corrected chi connectivity index (χ3v) is 1.80. The fourth-order valence-corrected chi connectivity index (χ4v) is 1.18. The second-order valence-corrected chi connectivity index (χ2v) is 4.52. The lowest BCUT2D eigenvalue weighted by molar-refractivity contribution is 0.0636. The topological polar surface area (TPSA) is 75.6 Å². The Hall–Kier alpha value is -2.04. The van der Waals surface area contributed by atoms with Crippen molar-refractivity contribution in [2.45, 2.75) is 26.4 Å². The Kier molecular flexibility index (Phi) is 3.73. The van der Waals surface area contributed by atoms with E-state index in [1.165, 1.54) is 18.2 Å². The fourth-order valence-electron chi connectivity index (χ4n) is 1.18. The van der Waals surface area contributed by atoms with Gasteiger partial charge in [-0.1, -0.05) is 0 Å². The number of aromatic hydroxyl groups is 1. The highest BCUT2D eigenvalue weighted by Crippen LogP contribution is 2.20. The van der Waals surface area contributed by atoms with Gasteiger partial charge in [0.15, 0.2) is 6.29 Å². The molecule has 1 aromatic carbocycles. The minimum atomic E-state index is -0.647. The van der Waals surface area contributed by atoms with E-state index >= 15 is 0 Å². The zero-order valence-electron chi connectivity index (χ0n) is 9.98. The summed E-state index contributed by atoms with van der Waals surface area (Å²) < 4.78 is 5.04. The van der Waals surface area contributed by atoms with Gasteiger partial charge in [-0.3, -0.25) is 10.1 Å². The van der Waals surface area contributed by atoms with E-state index in [0.717, 1.165) is 0 Å². The van der Waals surface area contributed by atoms with Gasteiger partial charge in [0.25, 0.3) is 0 Å². The summed E-state index contributed by atoms with van der Waals surface area (Å²) in [7, 11) is 0. The minimum absolute atomic E-state index is 0.0400. The summed E-state index contributed by atoms with van der Waals surface area (Å²) in [5.41, 5.74) is -0.120. The van der Waals surface area contributed by atoms with Crippen molar-refractivity contribution in [3.05, 3.63) is 23.8 Å². The van der Waals surface area contributed by atoms with E-state index in [9.17, 15) is 14.7 Å². The largest absolute Gasteiger partial charge is 0.508 e. The molecule has 0 unspecified atom stereocenters. The van der Waals surface area contributed by atoms with Crippen LogP contribution in [0.1, 0.15) is 31.1 Å². The molecule has 0 fully saturated rings. The van der Waals surface area contributed by atoms with Gasteiger partial charge in [-0.05, 0) is 39.0 Å². The predicted octanol–water partition coefficient (Wildman–Crippen LogP) is 2.55. The lowest BCUT2D eigenvalue weighted by Gasteiger charge is -2.20. The summed E-state index contributed by atoms with van der Waals surface area (Å²) in [6, 6.07) is 4.07. The normalized spacial score (nSPS) is 10.8. The molecule has 0 saturated carbocycles. The number of phenols is 1. The quantitative estimate of drug-likeness (QED) is 0.612. The number of nitrogens with one attached hydrogen (secondary N) is 1. The van der Waals surface area contributed by atoms with E-state index in [2.05, 4.69) is 5.32 Å². The van der Waals surface area contributed by atoms with Gasteiger partial charge >= 0.3 is 6.09 Å². The first-order chi connectivity index (χ1) is 7.81. The summed E-state index contributed by atoms with van der Waals surface area (Å²) in [4.78, 5) is 22.2. The highest BCUT2D eigenvalue weighted by molar-refractivity contribution is 5.93. The van der Waals surface area contributed by atoms with Crippen LogP contribution in [0.25, 0.3) is 0 Å². The van der Waals surface area contributed by atoms with Gasteiger partial charge in [-0.2, -0.15) is 0 Å². The van der Waals surface area contributed by atoms with E-state index in [-0.39, 0.29) is 11.3 Å². The summed E-state index contributed by atoms with van der Waals surface area (Å²) in [5.74, 6) is -0.0400. The van der Waals surface area contributed by atoms with Crippen LogP contribution in [-0.2, 0) is 4.74 Å². The number of rotatable bonds is 2. The Balaban J connectivity index is 2.81. The average Bonchev–Trinajstić information content (AvgIpc) is 2.17. The average molecular weight is 237 g/mol. The first kappa shape index (κ1) is 13.0. The maximum absolute atomic E-state index is 11.5. The molecular formula is C12H15NO4. The number of ether oxygens (including phenoxy) is 1. The Morgan fingerprint density at radius 2 is 2.06 bits per heavy atom. The third-order valence-electron chi connectivity index (χ3n) is 1.80. The summed E-state index contributed by atoms with van der Waals surface area (Å²) in [6.07, 6.45) is -0.0989. The van der Waals surface area contributed by atoms with Crippen molar-refractivity contribution in [2.75, 3.05) is 5.32 Å². The van der Waals surface area contributed by atoms with Crippen molar-refractivity contribution in [1.29, 1.82) is 0 Å². The van der Waals surface area contributed by atoms with E-state index in [4.69, 9.17) is 4.74 Å². The first-order valence-electron chi connectivity index (χ1n) is 5.10. The first-order valence-corrected chi connectivity index (χ1v) is 5.10. The van der Waals surface area contributed by atoms with E-state index < -0.39 is 11.7 Å². The van der Waals surface area contributed by atoms with Crippen molar-refractivity contribution < 1.29 is 19.4 Å². The number of phenolic OH excluding ortho intramolecular Hbond substituents is 1. The van der Waals surface area contributed by atoms with Crippen molar-refractivity contribution in [3.63, 3.8) is 0 Å². The standard InChI is InChI=1S/C12H15NO4/c1-12(2,3)17-11(16)13-10-5-4-9(15)6-8(10)7-14/h4-7,15H,1-3H3,(H,13,16). The van der Waals surface area contributed by atoms with Crippen LogP contribution in [-0.4, -0.2) is 23.1 Å². The monoisotopic (exact) mass is 237 g/mol. The molecule has 5 heteroatoms. The molecule has 0 heterocycles. The summed E-state index contributed by atoms with van der Waals surface area (Å²) in [6.45, 7) is 5.22. The number of benzene rings is 1. The minimum Gasteiger partial charge on any atom is -0.508 e. The van der Waals surface area contributed by atoms with Crippen molar-refractivity contribution in [1.82, 2.24) is 0 Å². The molecule has 0 saturated heterocycles.